The molecule has 23 heavy (non-hydrogen) atoms. The van der Waals surface area contributed by atoms with Crippen molar-refractivity contribution in [3.8, 4) is 22.6 Å². The minimum absolute atomic E-state index is 0.146. The molecule has 0 saturated carbocycles. The highest BCUT2D eigenvalue weighted by molar-refractivity contribution is 7.90. The van der Waals surface area contributed by atoms with Gasteiger partial charge < -0.3 is 9.47 Å². The van der Waals surface area contributed by atoms with E-state index >= 15 is 0 Å². The van der Waals surface area contributed by atoms with Gasteiger partial charge in [-0.05, 0) is 42.7 Å². The molecule has 0 bridgehead atoms. The van der Waals surface area contributed by atoms with Gasteiger partial charge in [0.15, 0.2) is 0 Å². The predicted octanol–water partition coefficient (Wildman–Crippen LogP) is 3.37. The molecule has 0 saturated heterocycles. The van der Waals surface area contributed by atoms with Gasteiger partial charge >= 0.3 is 0 Å². The average molecular weight is 332 g/mol. The van der Waals surface area contributed by atoms with Gasteiger partial charge in [0.05, 0.1) is 12.4 Å². The molecule has 0 amide bonds. The molecule has 4 nitrogen and oxygen atoms in total. The van der Waals surface area contributed by atoms with E-state index in [0.717, 1.165) is 28.2 Å². The molecule has 0 atom stereocenters. The Balaban J connectivity index is 1.78. The van der Waals surface area contributed by atoms with Crippen molar-refractivity contribution in [1.29, 1.82) is 0 Å². The van der Waals surface area contributed by atoms with Crippen LogP contribution in [0, 0.1) is 6.92 Å². The molecule has 2 aromatic carbocycles. The first-order chi connectivity index (χ1) is 10.9. The van der Waals surface area contributed by atoms with Gasteiger partial charge in [-0.3, -0.25) is 0 Å². The highest BCUT2D eigenvalue weighted by Gasteiger charge is 2.19. The van der Waals surface area contributed by atoms with Crippen LogP contribution in [-0.4, -0.2) is 27.0 Å². The van der Waals surface area contributed by atoms with Crippen LogP contribution in [-0.2, 0) is 16.4 Å². The Morgan fingerprint density at radius 3 is 2.78 bits per heavy atom. The molecule has 2 aromatic rings. The van der Waals surface area contributed by atoms with Gasteiger partial charge in [0, 0.05) is 17.4 Å². The summed E-state index contributed by atoms with van der Waals surface area (Å²) in [5.41, 5.74) is 4.54. The van der Waals surface area contributed by atoms with Gasteiger partial charge in [-0.15, -0.1) is 0 Å². The van der Waals surface area contributed by atoms with Crippen LogP contribution in [0.2, 0.25) is 0 Å². The first-order valence-electron chi connectivity index (χ1n) is 7.60. The molecule has 0 spiro atoms. The van der Waals surface area contributed by atoms with Gasteiger partial charge in [0.1, 0.15) is 27.9 Å². The van der Waals surface area contributed by atoms with E-state index in [4.69, 9.17) is 9.47 Å². The summed E-state index contributed by atoms with van der Waals surface area (Å²) >= 11 is 0. The predicted molar refractivity (Wildman–Crippen MR) is 90.8 cm³/mol. The number of fused-ring (bicyclic) bond motifs is 3. The normalized spacial score (nSPS) is 13.0. The smallest absolute Gasteiger partial charge is 0.147 e. The summed E-state index contributed by atoms with van der Waals surface area (Å²) in [4.78, 5) is 0. The van der Waals surface area contributed by atoms with E-state index in [1.807, 2.05) is 30.3 Å². The maximum Gasteiger partial charge on any atom is 0.147 e. The molecular formula is C18H20O4S. The molecule has 1 aliphatic rings. The molecule has 0 radical (unpaired) electrons. The van der Waals surface area contributed by atoms with Crippen LogP contribution in [0.25, 0.3) is 11.1 Å². The fourth-order valence-corrected chi connectivity index (χ4v) is 3.51. The zero-order valence-electron chi connectivity index (χ0n) is 13.3. The Morgan fingerprint density at radius 2 is 2.00 bits per heavy atom. The Morgan fingerprint density at radius 1 is 1.22 bits per heavy atom. The molecule has 0 unspecified atom stereocenters. The van der Waals surface area contributed by atoms with Crippen molar-refractivity contribution < 1.29 is 17.9 Å². The average Bonchev–Trinajstić information content (AvgIpc) is 2.50. The van der Waals surface area contributed by atoms with E-state index in [0.29, 0.717) is 19.6 Å². The number of hydrogen-bond acceptors (Lipinski definition) is 4. The lowest BCUT2D eigenvalue weighted by molar-refractivity contribution is 0.296. The Bertz CT molecular complexity index is 825. The molecule has 5 heteroatoms. The number of benzene rings is 2. The van der Waals surface area contributed by atoms with E-state index in [2.05, 4.69) is 13.0 Å². The molecule has 1 heterocycles. The maximum atomic E-state index is 11.1. The van der Waals surface area contributed by atoms with E-state index in [9.17, 15) is 8.42 Å². The van der Waals surface area contributed by atoms with Gasteiger partial charge in [-0.25, -0.2) is 8.42 Å². The number of para-hydroxylation sites is 1. The quantitative estimate of drug-likeness (QED) is 0.788. The van der Waals surface area contributed by atoms with Crippen molar-refractivity contribution in [2.75, 3.05) is 18.6 Å². The van der Waals surface area contributed by atoms with Crippen LogP contribution in [0.15, 0.2) is 36.4 Å². The molecule has 0 aromatic heterocycles. The largest absolute Gasteiger partial charge is 0.494 e. The second-order valence-corrected chi connectivity index (χ2v) is 8.15. The molecule has 122 valence electrons. The van der Waals surface area contributed by atoms with E-state index in [1.165, 1.54) is 11.8 Å². The number of ether oxygens (including phenoxy) is 2. The van der Waals surface area contributed by atoms with Crippen molar-refractivity contribution in [2.24, 2.45) is 0 Å². The fourth-order valence-electron chi connectivity index (χ4n) is 2.87. The Labute approximate surface area is 137 Å². The lowest BCUT2D eigenvalue weighted by Crippen LogP contribution is -2.10. The van der Waals surface area contributed by atoms with Crippen LogP contribution < -0.4 is 9.47 Å². The van der Waals surface area contributed by atoms with Gasteiger partial charge in [0.25, 0.3) is 0 Å². The first-order valence-corrected chi connectivity index (χ1v) is 9.66. The fraction of sp³-hybridized carbons (Fsp3) is 0.333. The third-order valence-corrected chi connectivity index (χ3v) is 4.89. The van der Waals surface area contributed by atoms with Crippen LogP contribution in [0.4, 0.5) is 0 Å². The van der Waals surface area contributed by atoms with Crippen molar-refractivity contribution in [3.05, 3.63) is 47.5 Å². The van der Waals surface area contributed by atoms with Crippen LogP contribution in [0.3, 0.4) is 0 Å². The monoisotopic (exact) mass is 332 g/mol. The molecule has 0 N–H and O–H groups in total. The lowest BCUT2D eigenvalue weighted by atomic mass is 9.92. The molecule has 1 aliphatic heterocycles. The number of aryl methyl sites for hydroxylation is 1. The highest BCUT2D eigenvalue weighted by Crippen LogP contribution is 2.40. The second kappa shape index (κ2) is 6.24. The van der Waals surface area contributed by atoms with Crippen LogP contribution >= 0.6 is 0 Å². The van der Waals surface area contributed by atoms with E-state index < -0.39 is 9.84 Å². The van der Waals surface area contributed by atoms with E-state index in [1.54, 1.807) is 0 Å². The molecule has 0 aliphatic carbocycles. The first kappa shape index (κ1) is 15.9. The number of rotatable bonds is 5. The number of hydrogen-bond donors (Lipinski definition) is 0. The lowest BCUT2D eigenvalue weighted by Gasteiger charge is -2.23. The second-order valence-electron chi connectivity index (χ2n) is 5.89. The molecule has 3 rings (SSSR count). The summed E-state index contributed by atoms with van der Waals surface area (Å²) in [7, 11) is -2.93. The zero-order valence-corrected chi connectivity index (χ0v) is 14.2. The van der Waals surface area contributed by atoms with Gasteiger partial charge in [0.2, 0.25) is 0 Å². The van der Waals surface area contributed by atoms with E-state index in [-0.39, 0.29) is 5.75 Å². The Kier molecular flexibility index (Phi) is 4.31. The summed E-state index contributed by atoms with van der Waals surface area (Å²) in [6.45, 7) is 2.97. The molecular weight excluding hydrogens is 312 g/mol. The maximum absolute atomic E-state index is 11.1. The molecule has 0 fully saturated rings. The standard InChI is InChI=1S/C18H20O4S/c1-13-10-15(21-8-5-9-23(2,19)20)11-14-12-22-17-7-4-3-6-16(17)18(13)14/h3-4,6-7,10-11H,5,8-9,12H2,1-2H3. The SMILES string of the molecule is Cc1cc(OCCCS(C)(=O)=O)cc2c1-c1ccccc1OC2. The van der Waals surface area contributed by atoms with Gasteiger partial charge in [-0.1, -0.05) is 18.2 Å². The minimum Gasteiger partial charge on any atom is -0.494 e. The van der Waals surface area contributed by atoms with Crippen molar-refractivity contribution >= 4 is 9.84 Å². The van der Waals surface area contributed by atoms with Crippen molar-refractivity contribution in [1.82, 2.24) is 0 Å². The van der Waals surface area contributed by atoms with Crippen LogP contribution in [0.5, 0.6) is 11.5 Å². The summed E-state index contributed by atoms with van der Waals surface area (Å²) in [5.74, 6) is 1.82. The highest BCUT2D eigenvalue weighted by atomic mass is 32.2. The third kappa shape index (κ3) is 3.67. The minimum atomic E-state index is -2.93. The summed E-state index contributed by atoms with van der Waals surface area (Å²) in [5, 5.41) is 0. The topological polar surface area (TPSA) is 52.6 Å². The Hall–Kier alpha value is -2.01. The zero-order chi connectivity index (χ0) is 16.4. The summed E-state index contributed by atoms with van der Waals surface area (Å²) < 4.78 is 33.8. The van der Waals surface area contributed by atoms with Gasteiger partial charge in [-0.2, -0.15) is 0 Å². The third-order valence-electron chi connectivity index (χ3n) is 3.86. The summed E-state index contributed by atoms with van der Waals surface area (Å²) in [6, 6.07) is 12.0. The number of sulfone groups is 1. The van der Waals surface area contributed by atoms with Crippen LogP contribution in [0.1, 0.15) is 17.5 Å². The van der Waals surface area contributed by atoms with Crippen molar-refractivity contribution in [2.45, 2.75) is 20.0 Å². The summed E-state index contributed by atoms with van der Waals surface area (Å²) in [6.07, 6.45) is 1.74. The van der Waals surface area contributed by atoms with Crippen molar-refractivity contribution in [3.63, 3.8) is 0 Å².